The molecule has 2 heteroatoms. The van der Waals surface area contributed by atoms with Crippen LogP contribution < -0.4 is 5.32 Å². The summed E-state index contributed by atoms with van der Waals surface area (Å²) < 4.78 is 5.38. The molecule has 1 heterocycles. The second-order valence-corrected chi connectivity index (χ2v) is 5.59. The molecule has 2 rings (SSSR count). The zero-order chi connectivity index (χ0) is 12.8. The van der Waals surface area contributed by atoms with Crippen molar-refractivity contribution < 1.29 is 4.74 Å². The third-order valence-electron chi connectivity index (χ3n) is 3.73. The van der Waals surface area contributed by atoms with E-state index in [4.69, 9.17) is 4.74 Å². The zero-order valence-corrected chi connectivity index (χ0v) is 11.6. The minimum Gasteiger partial charge on any atom is -0.381 e. The summed E-state index contributed by atoms with van der Waals surface area (Å²) in [5.41, 5.74) is 2.80. The quantitative estimate of drug-likeness (QED) is 0.779. The van der Waals surface area contributed by atoms with E-state index in [2.05, 4.69) is 43.4 Å². The van der Waals surface area contributed by atoms with Crippen molar-refractivity contribution in [3.63, 3.8) is 0 Å². The van der Waals surface area contributed by atoms with E-state index in [9.17, 15) is 0 Å². The van der Waals surface area contributed by atoms with Crippen molar-refractivity contribution in [3.8, 4) is 0 Å². The third kappa shape index (κ3) is 4.11. The van der Waals surface area contributed by atoms with Gasteiger partial charge in [0, 0.05) is 19.8 Å². The molecule has 0 radical (unpaired) electrons. The van der Waals surface area contributed by atoms with Crippen LogP contribution in [0.2, 0.25) is 0 Å². The molecular formula is C16H25NO. The van der Waals surface area contributed by atoms with Gasteiger partial charge in [0.05, 0.1) is 0 Å². The van der Waals surface area contributed by atoms with E-state index in [0.29, 0.717) is 5.92 Å². The summed E-state index contributed by atoms with van der Waals surface area (Å²) in [5, 5.41) is 3.52. The number of hydrogen-bond donors (Lipinski definition) is 1. The monoisotopic (exact) mass is 247 g/mol. The Labute approximate surface area is 111 Å². The molecule has 1 aromatic rings. The van der Waals surface area contributed by atoms with E-state index < -0.39 is 0 Å². The maximum absolute atomic E-state index is 5.38. The van der Waals surface area contributed by atoms with Crippen molar-refractivity contribution in [1.82, 2.24) is 5.32 Å². The minimum absolute atomic E-state index is 0.620. The molecule has 1 unspecified atom stereocenters. The van der Waals surface area contributed by atoms with Crippen LogP contribution in [0, 0.1) is 5.92 Å². The van der Waals surface area contributed by atoms with Gasteiger partial charge < -0.3 is 10.1 Å². The molecule has 0 saturated carbocycles. The molecule has 1 saturated heterocycles. The molecule has 0 aliphatic carbocycles. The number of nitrogens with one attached hydrogen (secondary N) is 1. The number of benzene rings is 1. The first-order chi connectivity index (χ1) is 8.75. The molecule has 0 aromatic heterocycles. The highest BCUT2D eigenvalue weighted by Crippen LogP contribution is 2.16. The molecule has 0 spiro atoms. The van der Waals surface area contributed by atoms with Gasteiger partial charge in [0.25, 0.3) is 0 Å². The second-order valence-electron chi connectivity index (χ2n) is 5.59. The first-order valence-corrected chi connectivity index (χ1v) is 7.13. The first-order valence-electron chi connectivity index (χ1n) is 7.13. The molecule has 1 aliphatic rings. The predicted octanol–water partition coefficient (Wildman–Crippen LogP) is 3.33. The van der Waals surface area contributed by atoms with Crippen LogP contribution in [0.15, 0.2) is 24.3 Å². The van der Waals surface area contributed by atoms with Crippen molar-refractivity contribution in [2.75, 3.05) is 19.8 Å². The van der Waals surface area contributed by atoms with Gasteiger partial charge in [0.2, 0.25) is 0 Å². The molecule has 1 atom stereocenters. The Kier molecular flexibility index (Phi) is 5.21. The molecule has 1 fully saturated rings. The molecule has 1 aliphatic heterocycles. The van der Waals surface area contributed by atoms with Crippen molar-refractivity contribution in [3.05, 3.63) is 35.4 Å². The van der Waals surface area contributed by atoms with E-state index in [1.165, 1.54) is 24.0 Å². The van der Waals surface area contributed by atoms with Gasteiger partial charge in [0.1, 0.15) is 0 Å². The lowest BCUT2D eigenvalue weighted by molar-refractivity contribution is 0.184. The normalized spacial score (nSPS) is 19.6. The van der Waals surface area contributed by atoms with Crippen LogP contribution in [-0.2, 0) is 11.3 Å². The van der Waals surface area contributed by atoms with Gasteiger partial charge in [-0.05, 0) is 42.3 Å². The highest BCUT2D eigenvalue weighted by Gasteiger charge is 2.14. The van der Waals surface area contributed by atoms with Crippen molar-refractivity contribution in [2.45, 2.75) is 39.2 Å². The van der Waals surface area contributed by atoms with Gasteiger partial charge in [-0.3, -0.25) is 0 Å². The summed E-state index contributed by atoms with van der Waals surface area (Å²) in [5.74, 6) is 1.40. The Morgan fingerprint density at radius 2 is 2.06 bits per heavy atom. The fourth-order valence-corrected chi connectivity index (χ4v) is 2.37. The van der Waals surface area contributed by atoms with Gasteiger partial charge in [-0.2, -0.15) is 0 Å². The van der Waals surface area contributed by atoms with Gasteiger partial charge in [0.15, 0.2) is 0 Å². The van der Waals surface area contributed by atoms with E-state index in [1.807, 2.05) is 0 Å². The van der Waals surface area contributed by atoms with E-state index in [0.717, 1.165) is 32.2 Å². The van der Waals surface area contributed by atoms with E-state index in [1.54, 1.807) is 0 Å². The summed E-state index contributed by atoms with van der Waals surface area (Å²) in [4.78, 5) is 0. The lowest BCUT2D eigenvalue weighted by Crippen LogP contribution is -2.18. The van der Waals surface area contributed by atoms with Gasteiger partial charge in [-0.15, -0.1) is 0 Å². The van der Waals surface area contributed by atoms with Gasteiger partial charge in [-0.25, -0.2) is 0 Å². The SMILES string of the molecule is CC(C)c1ccc(CNCCC2CCOC2)cc1. The molecule has 100 valence electrons. The van der Waals surface area contributed by atoms with Crippen LogP contribution >= 0.6 is 0 Å². The van der Waals surface area contributed by atoms with Crippen molar-refractivity contribution in [2.24, 2.45) is 5.92 Å². The standard InChI is InChI=1S/C16H25NO/c1-13(2)16-5-3-14(4-6-16)11-17-9-7-15-8-10-18-12-15/h3-6,13,15,17H,7-12H2,1-2H3. The van der Waals surface area contributed by atoms with Crippen LogP contribution in [0.5, 0.6) is 0 Å². The van der Waals surface area contributed by atoms with Gasteiger partial charge in [-0.1, -0.05) is 38.1 Å². The van der Waals surface area contributed by atoms with Crippen molar-refractivity contribution >= 4 is 0 Å². The van der Waals surface area contributed by atoms with Crippen LogP contribution in [0.3, 0.4) is 0 Å². The van der Waals surface area contributed by atoms with Crippen LogP contribution in [0.4, 0.5) is 0 Å². The maximum atomic E-state index is 5.38. The van der Waals surface area contributed by atoms with E-state index in [-0.39, 0.29) is 0 Å². The highest BCUT2D eigenvalue weighted by atomic mass is 16.5. The fourth-order valence-electron chi connectivity index (χ4n) is 2.37. The second kappa shape index (κ2) is 6.91. The smallest absolute Gasteiger partial charge is 0.0495 e. The van der Waals surface area contributed by atoms with E-state index >= 15 is 0 Å². The molecule has 0 bridgehead atoms. The molecule has 1 N–H and O–H groups in total. The Bertz CT molecular complexity index is 339. The van der Waals surface area contributed by atoms with Crippen LogP contribution in [0.25, 0.3) is 0 Å². The molecule has 0 amide bonds. The Balaban J connectivity index is 1.66. The fraction of sp³-hybridized carbons (Fsp3) is 0.625. The maximum Gasteiger partial charge on any atom is 0.0495 e. The lowest BCUT2D eigenvalue weighted by Gasteiger charge is -2.10. The predicted molar refractivity (Wildman–Crippen MR) is 75.8 cm³/mol. The molecule has 18 heavy (non-hydrogen) atoms. The first kappa shape index (κ1) is 13.6. The molecule has 2 nitrogen and oxygen atoms in total. The minimum atomic E-state index is 0.620. The number of ether oxygens (including phenoxy) is 1. The summed E-state index contributed by atoms with van der Waals surface area (Å²) in [6, 6.07) is 8.96. The number of rotatable bonds is 6. The molecular weight excluding hydrogens is 222 g/mol. The Morgan fingerprint density at radius 3 is 2.67 bits per heavy atom. The number of hydrogen-bond acceptors (Lipinski definition) is 2. The average molecular weight is 247 g/mol. The summed E-state index contributed by atoms with van der Waals surface area (Å²) >= 11 is 0. The summed E-state index contributed by atoms with van der Waals surface area (Å²) in [6.07, 6.45) is 2.48. The average Bonchev–Trinajstić information content (AvgIpc) is 2.88. The third-order valence-corrected chi connectivity index (χ3v) is 3.73. The Hall–Kier alpha value is -0.860. The van der Waals surface area contributed by atoms with Crippen molar-refractivity contribution in [1.29, 1.82) is 0 Å². The van der Waals surface area contributed by atoms with Crippen LogP contribution in [0.1, 0.15) is 43.7 Å². The highest BCUT2D eigenvalue weighted by molar-refractivity contribution is 5.24. The van der Waals surface area contributed by atoms with Crippen LogP contribution in [-0.4, -0.2) is 19.8 Å². The molecule has 1 aromatic carbocycles. The summed E-state index contributed by atoms with van der Waals surface area (Å²) in [7, 11) is 0. The zero-order valence-electron chi connectivity index (χ0n) is 11.6. The lowest BCUT2D eigenvalue weighted by atomic mass is 10.0. The topological polar surface area (TPSA) is 21.3 Å². The Morgan fingerprint density at radius 1 is 1.28 bits per heavy atom. The summed E-state index contributed by atoms with van der Waals surface area (Å²) in [6.45, 7) is 8.46. The largest absolute Gasteiger partial charge is 0.381 e. The van der Waals surface area contributed by atoms with Gasteiger partial charge >= 0.3 is 0 Å².